The normalized spacial score (nSPS) is 31.0. The summed E-state index contributed by atoms with van der Waals surface area (Å²) in [5.41, 5.74) is 0.726. The fourth-order valence-electron chi connectivity index (χ4n) is 6.36. The molecule has 2 bridgehead atoms. The Kier molecular flexibility index (Phi) is 8.42. The lowest BCUT2D eigenvalue weighted by molar-refractivity contribution is -0.139. The molecule has 3 heterocycles. The summed E-state index contributed by atoms with van der Waals surface area (Å²) in [5.74, 6) is -1.03. The molecule has 35 heavy (non-hydrogen) atoms. The molecule has 7 nitrogen and oxygen atoms in total. The molecule has 3 fully saturated rings. The molecule has 0 aromatic heterocycles. The van der Waals surface area contributed by atoms with E-state index in [1.165, 1.54) is 0 Å². The maximum Gasteiger partial charge on any atom is 0.244 e. The number of benzene rings is 1. The largest absolute Gasteiger partial charge is 0.396 e. The summed E-state index contributed by atoms with van der Waals surface area (Å²) in [6.45, 7) is 5.49. The lowest BCUT2D eigenvalue weighted by Crippen LogP contribution is -2.56. The molecule has 3 aliphatic heterocycles. The number of nitrogens with one attached hydrogen (secondary N) is 2. The highest BCUT2D eigenvalue weighted by molar-refractivity contribution is 8.02. The zero-order chi connectivity index (χ0) is 25.0. The van der Waals surface area contributed by atoms with Gasteiger partial charge >= 0.3 is 0 Å². The average Bonchev–Trinajstić information content (AvgIpc) is 3.44. The molecular weight excluding hydrogens is 462 g/mol. The van der Waals surface area contributed by atoms with Crippen LogP contribution in [0.4, 0.5) is 5.69 Å². The molecule has 0 saturated carbocycles. The van der Waals surface area contributed by atoms with Gasteiger partial charge in [-0.3, -0.25) is 14.4 Å². The summed E-state index contributed by atoms with van der Waals surface area (Å²) in [6.07, 6.45) is 6.09. The minimum Gasteiger partial charge on any atom is -0.396 e. The first-order valence-corrected chi connectivity index (χ1v) is 14.1. The van der Waals surface area contributed by atoms with Crippen molar-refractivity contribution in [2.24, 2.45) is 17.8 Å². The summed E-state index contributed by atoms with van der Waals surface area (Å²) in [4.78, 5) is 42.8. The SMILES string of the molecule is CCCCCNC(=O)C1N(CCCCCO)C(=O)[C@@H]2[C@H](C(=O)Nc3ccccc3)[C@@H]3CC(C)C12S3. The van der Waals surface area contributed by atoms with Gasteiger partial charge in [-0.05, 0) is 50.2 Å². The number of para-hydroxylation sites is 1. The van der Waals surface area contributed by atoms with Gasteiger partial charge in [-0.25, -0.2) is 0 Å². The fraction of sp³-hybridized carbons (Fsp3) is 0.667. The van der Waals surface area contributed by atoms with E-state index < -0.39 is 22.6 Å². The fourth-order valence-corrected chi connectivity index (χ4v) is 8.78. The van der Waals surface area contributed by atoms with Gasteiger partial charge in [0.25, 0.3) is 0 Å². The first kappa shape index (κ1) is 26.0. The number of aliphatic hydroxyl groups is 1. The quantitative estimate of drug-likeness (QED) is 0.381. The summed E-state index contributed by atoms with van der Waals surface area (Å²) >= 11 is 1.71. The van der Waals surface area contributed by atoms with Gasteiger partial charge in [0.15, 0.2) is 0 Å². The Hall–Kier alpha value is -2.06. The van der Waals surface area contributed by atoms with Crippen molar-refractivity contribution >= 4 is 35.2 Å². The van der Waals surface area contributed by atoms with Crippen molar-refractivity contribution < 1.29 is 19.5 Å². The Labute approximate surface area is 212 Å². The number of aliphatic hydroxyl groups excluding tert-OH is 1. The molecule has 1 aromatic rings. The third kappa shape index (κ3) is 4.84. The zero-order valence-electron chi connectivity index (χ0n) is 20.9. The molecule has 192 valence electrons. The van der Waals surface area contributed by atoms with Crippen LogP contribution in [-0.2, 0) is 14.4 Å². The van der Waals surface area contributed by atoms with E-state index in [-0.39, 0.29) is 35.5 Å². The van der Waals surface area contributed by atoms with Crippen molar-refractivity contribution in [2.45, 2.75) is 74.8 Å². The highest BCUT2D eigenvalue weighted by atomic mass is 32.2. The van der Waals surface area contributed by atoms with Crippen LogP contribution in [0.5, 0.6) is 0 Å². The standard InChI is InChI=1S/C27H39N3O4S/c1-3-4-9-14-28-25(33)23-27-18(2)17-20(35-27)21(24(32)29-19-12-7-5-8-13-19)22(27)26(34)30(23)15-10-6-11-16-31/h5,7-8,12-13,18,20-23,31H,3-4,6,9-11,14-17H2,1-2H3,(H,28,33)(H,29,32)/t18?,20-,21+,22-,23?,27?/m0/s1. The third-order valence-electron chi connectivity index (χ3n) is 7.97. The van der Waals surface area contributed by atoms with Crippen LogP contribution in [0.1, 0.15) is 58.8 Å². The maximum atomic E-state index is 13.9. The Bertz CT molecular complexity index is 913. The zero-order valence-corrected chi connectivity index (χ0v) is 21.7. The Morgan fingerprint density at radius 2 is 1.89 bits per heavy atom. The van der Waals surface area contributed by atoms with Crippen molar-refractivity contribution in [3.8, 4) is 0 Å². The van der Waals surface area contributed by atoms with Gasteiger partial charge in [0, 0.05) is 30.6 Å². The average molecular weight is 502 g/mol. The van der Waals surface area contributed by atoms with Gasteiger partial charge in [-0.15, -0.1) is 11.8 Å². The predicted molar refractivity (Wildman–Crippen MR) is 139 cm³/mol. The molecule has 0 radical (unpaired) electrons. The van der Waals surface area contributed by atoms with Gasteiger partial charge < -0.3 is 20.6 Å². The van der Waals surface area contributed by atoms with Crippen LogP contribution < -0.4 is 10.6 Å². The van der Waals surface area contributed by atoms with Crippen LogP contribution in [0.15, 0.2) is 30.3 Å². The lowest BCUT2D eigenvalue weighted by Gasteiger charge is -2.38. The van der Waals surface area contributed by atoms with Crippen molar-refractivity contribution in [3.05, 3.63) is 30.3 Å². The summed E-state index contributed by atoms with van der Waals surface area (Å²) in [7, 11) is 0. The molecule has 6 atom stereocenters. The molecule has 4 rings (SSSR count). The smallest absolute Gasteiger partial charge is 0.244 e. The van der Waals surface area contributed by atoms with E-state index in [4.69, 9.17) is 5.11 Å². The van der Waals surface area contributed by atoms with Gasteiger partial charge in [0.05, 0.1) is 16.6 Å². The summed E-state index contributed by atoms with van der Waals surface area (Å²) in [5, 5.41) is 15.4. The molecule has 3 aliphatic rings. The molecule has 3 unspecified atom stereocenters. The van der Waals surface area contributed by atoms with Crippen LogP contribution in [0.25, 0.3) is 0 Å². The van der Waals surface area contributed by atoms with Gasteiger partial charge in [-0.2, -0.15) is 0 Å². The van der Waals surface area contributed by atoms with E-state index in [1.807, 2.05) is 30.3 Å². The number of nitrogens with zero attached hydrogens (tertiary/aromatic N) is 1. The molecular formula is C27H39N3O4S. The number of rotatable bonds is 12. The number of hydrogen-bond acceptors (Lipinski definition) is 5. The topological polar surface area (TPSA) is 98.7 Å². The van der Waals surface area contributed by atoms with Crippen molar-refractivity contribution in [1.82, 2.24) is 10.2 Å². The second-order valence-corrected chi connectivity index (χ2v) is 11.8. The minimum absolute atomic E-state index is 0.0367. The Morgan fingerprint density at radius 1 is 1.11 bits per heavy atom. The Balaban J connectivity index is 1.60. The number of thioether (sulfide) groups is 1. The highest BCUT2D eigenvalue weighted by Gasteiger charge is 2.75. The molecule has 8 heteroatoms. The first-order valence-electron chi connectivity index (χ1n) is 13.2. The van der Waals surface area contributed by atoms with Crippen LogP contribution in [0, 0.1) is 17.8 Å². The number of unbranched alkanes of at least 4 members (excludes halogenated alkanes) is 4. The second-order valence-electron chi connectivity index (χ2n) is 10.2. The van der Waals surface area contributed by atoms with E-state index in [2.05, 4.69) is 24.5 Å². The van der Waals surface area contributed by atoms with Crippen molar-refractivity contribution in [3.63, 3.8) is 0 Å². The highest BCUT2D eigenvalue weighted by Crippen LogP contribution is 2.68. The molecule has 1 aromatic carbocycles. The van der Waals surface area contributed by atoms with Gasteiger partial charge in [-0.1, -0.05) is 44.9 Å². The number of hydrogen-bond donors (Lipinski definition) is 3. The van der Waals surface area contributed by atoms with Gasteiger partial charge in [0.2, 0.25) is 17.7 Å². The number of carbonyl (C=O) groups is 3. The van der Waals surface area contributed by atoms with Crippen molar-refractivity contribution in [1.29, 1.82) is 0 Å². The number of anilines is 1. The first-order chi connectivity index (χ1) is 17.0. The van der Waals surface area contributed by atoms with Crippen molar-refractivity contribution in [2.75, 3.05) is 25.0 Å². The van der Waals surface area contributed by atoms with Gasteiger partial charge in [0.1, 0.15) is 6.04 Å². The number of fused-ring (bicyclic) bond motifs is 1. The molecule has 3 amide bonds. The van der Waals surface area contributed by atoms with E-state index in [0.717, 1.165) is 44.2 Å². The number of amides is 3. The van der Waals surface area contributed by atoms with E-state index >= 15 is 0 Å². The molecule has 0 aliphatic carbocycles. The van der Waals surface area contributed by atoms with E-state index in [1.54, 1.807) is 16.7 Å². The van der Waals surface area contributed by atoms with Crippen LogP contribution in [0.3, 0.4) is 0 Å². The van der Waals surface area contributed by atoms with Crippen LogP contribution >= 0.6 is 11.8 Å². The van der Waals surface area contributed by atoms with E-state index in [9.17, 15) is 14.4 Å². The molecule has 1 spiro atoms. The number of carbonyl (C=O) groups excluding carboxylic acids is 3. The molecule has 3 N–H and O–H groups in total. The predicted octanol–water partition coefficient (Wildman–Crippen LogP) is 3.43. The minimum atomic E-state index is -0.577. The van der Waals surface area contributed by atoms with Crippen LogP contribution in [0.2, 0.25) is 0 Å². The number of likely N-dealkylation sites (tertiary alicyclic amines) is 1. The molecule has 3 saturated heterocycles. The lowest BCUT2D eigenvalue weighted by atomic mass is 9.66. The van der Waals surface area contributed by atoms with E-state index in [0.29, 0.717) is 19.5 Å². The maximum absolute atomic E-state index is 13.9. The van der Waals surface area contributed by atoms with Crippen LogP contribution in [-0.4, -0.2) is 63.5 Å². The Morgan fingerprint density at radius 3 is 2.60 bits per heavy atom. The summed E-state index contributed by atoms with van der Waals surface area (Å²) < 4.78 is -0.577. The second kappa shape index (κ2) is 11.3. The third-order valence-corrected chi connectivity index (χ3v) is 10.1. The monoisotopic (exact) mass is 501 g/mol. The summed E-state index contributed by atoms with van der Waals surface area (Å²) in [6, 6.07) is 8.80.